The van der Waals surface area contributed by atoms with E-state index >= 15 is 0 Å². The summed E-state index contributed by atoms with van der Waals surface area (Å²) < 4.78 is 38.5. The van der Waals surface area contributed by atoms with E-state index in [1.54, 1.807) is 0 Å². The standard InChI is InChI=1S/C10H8ClF3O/c1-5-3-8(12)6(4-7(5)11)9(15)10(2,13)14/h3-4H,1-2H3. The van der Waals surface area contributed by atoms with E-state index in [0.29, 0.717) is 12.5 Å². The van der Waals surface area contributed by atoms with Gasteiger partial charge in [0.1, 0.15) is 5.82 Å². The lowest BCUT2D eigenvalue weighted by molar-refractivity contribution is 0.0217. The highest BCUT2D eigenvalue weighted by molar-refractivity contribution is 6.31. The number of hydrogen-bond donors (Lipinski definition) is 0. The van der Waals surface area contributed by atoms with Crippen molar-refractivity contribution in [3.63, 3.8) is 0 Å². The number of halogens is 4. The SMILES string of the molecule is Cc1cc(F)c(C(=O)C(C)(F)F)cc1Cl. The van der Waals surface area contributed by atoms with Gasteiger partial charge in [0.15, 0.2) is 0 Å². The van der Waals surface area contributed by atoms with Crippen molar-refractivity contribution in [3.8, 4) is 0 Å². The van der Waals surface area contributed by atoms with Crippen molar-refractivity contribution in [1.29, 1.82) is 0 Å². The molecule has 0 aliphatic rings. The fourth-order valence-corrected chi connectivity index (χ4v) is 1.22. The van der Waals surface area contributed by atoms with Crippen LogP contribution in [0.1, 0.15) is 22.8 Å². The Bertz CT molecular complexity index is 410. The predicted molar refractivity (Wildman–Crippen MR) is 51.1 cm³/mol. The van der Waals surface area contributed by atoms with Crippen molar-refractivity contribution >= 4 is 17.4 Å². The minimum Gasteiger partial charge on any atom is -0.287 e. The molecule has 82 valence electrons. The summed E-state index contributed by atoms with van der Waals surface area (Å²) in [4.78, 5) is 11.1. The summed E-state index contributed by atoms with van der Waals surface area (Å²) in [7, 11) is 0. The minimum absolute atomic E-state index is 0.0870. The number of Topliss-reactive ketones (excluding diaryl/α,β-unsaturated/α-hetero) is 1. The van der Waals surface area contributed by atoms with Gasteiger partial charge in [-0.1, -0.05) is 11.6 Å². The number of ketones is 1. The molecule has 5 heteroatoms. The Morgan fingerprint density at radius 2 is 1.93 bits per heavy atom. The Morgan fingerprint density at radius 3 is 2.40 bits per heavy atom. The van der Waals surface area contributed by atoms with Gasteiger partial charge in [-0.25, -0.2) is 4.39 Å². The molecule has 0 aliphatic carbocycles. The summed E-state index contributed by atoms with van der Waals surface area (Å²) >= 11 is 5.62. The molecule has 0 saturated carbocycles. The maximum atomic E-state index is 13.2. The van der Waals surface area contributed by atoms with Crippen molar-refractivity contribution in [3.05, 3.63) is 34.1 Å². The molecule has 0 unspecified atom stereocenters. The average Bonchev–Trinajstić information content (AvgIpc) is 2.08. The van der Waals surface area contributed by atoms with Crippen LogP contribution in [-0.4, -0.2) is 11.7 Å². The van der Waals surface area contributed by atoms with Crippen molar-refractivity contribution in [2.24, 2.45) is 0 Å². The summed E-state index contributed by atoms with van der Waals surface area (Å²) in [5, 5.41) is 0.0870. The molecule has 15 heavy (non-hydrogen) atoms. The van der Waals surface area contributed by atoms with E-state index in [-0.39, 0.29) is 5.02 Å². The number of alkyl halides is 2. The van der Waals surface area contributed by atoms with Gasteiger partial charge in [-0.2, -0.15) is 8.78 Å². The van der Waals surface area contributed by atoms with Crippen LogP contribution in [-0.2, 0) is 0 Å². The molecule has 0 radical (unpaired) electrons. The molecule has 0 atom stereocenters. The molecule has 0 amide bonds. The van der Waals surface area contributed by atoms with E-state index in [9.17, 15) is 18.0 Å². The maximum Gasteiger partial charge on any atom is 0.307 e. The molecule has 0 spiro atoms. The van der Waals surface area contributed by atoms with Crippen molar-refractivity contribution < 1.29 is 18.0 Å². The first kappa shape index (κ1) is 12.0. The fourth-order valence-electron chi connectivity index (χ4n) is 1.06. The summed E-state index contributed by atoms with van der Waals surface area (Å²) in [5.41, 5.74) is -0.289. The van der Waals surface area contributed by atoms with E-state index in [1.807, 2.05) is 0 Å². The zero-order valence-electron chi connectivity index (χ0n) is 8.07. The predicted octanol–water partition coefficient (Wildman–Crippen LogP) is 3.63. The summed E-state index contributed by atoms with van der Waals surface area (Å²) in [6.07, 6.45) is 0. The largest absolute Gasteiger partial charge is 0.307 e. The molecule has 1 aromatic rings. The van der Waals surface area contributed by atoms with Crippen molar-refractivity contribution in [2.45, 2.75) is 19.8 Å². The van der Waals surface area contributed by atoms with Gasteiger partial charge in [-0.15, -0.1) is 0 Å². The third-order valence-electron chi connectivity index (χ3n) is 1.89. The summed E-state index contributed by atoms with van der Waals surface area (Å²) in [6.45, 7) is 1.94. The first-order valence-electron chi connectivity index (χ1n) is 4.11. The van der Waals surface area contributed by atoms with Gasteiger partial charge in [-0.05, 0) is 24.6 Å². The lowest BCUT2D eigenvalue weighted by atomic mass is 10.0. The van der Waals surface area contributed by atoms with Crippen LogP contribution in [0.3, 0.4) is 0 Å². The molecule has 0 aliphatic heterocycles. The van der Waals surface area contributed by atoms with Crippen molar-refractivity contribution in [1.82, 2.24) is 0 Å². The zero-order chi connectivity index (χ0) is 11.8. The van der Waals surface area contributed by atoms with E-state index in [2.05, 4.69) is 0 Å². The van der Waals surface area contributed by atoms with Crippen LogP contribution in [0.4, 0.5) is 13.2 Å². The van der Waals surface area contributed by atoms with Gasteiger partial charge in [0, 0.05) is 11.9 Å². The highest BCUT2D eigenvalue weighted by Crippen LogP contribution is 2.25. The lowest BCUT2D eigenvalue weighted by Crippen LogP contribution is -2.25. The topological polar surface area (TPSA) is 17.1 Å². The number of carbonyl (C=O) groups is 1. The Hall–Kier alpha value is -1.03. The van der Waals surface area contributed by atoms with Gasteiger partial charge in [0.25, 0.3) is 0 Å². The molecular formula is C10H8ClF3O. The van der Waals surface area contributed by atoms with E-state index < -0.39 is 23.1 Å². The smallest absolute Gasteiger partial charge is 0.287 e. The Morgan fingerprint density at radius 1 is 1.40 bits per heavy atom. The van der Waals surface area contributed by atoms with Gasteiger partial charge in [-0.3, -0.25) is 4.79 Å². The number of aryl methyl sites for hydroxylation is 1. The third-order valence-corrected chi connectivity index (χ3v) is 2.30. The first-order chi connectivity index (χ1) is 6.73. The molecule has 0 fully saturated rings. The lowest BCUT2D eigenvalue weighted by Gasteiger charge is -2.10. The highest BCUT2D eigenvalue weighted by atomic mass is 35.5. The Kier molecular flexibility index (Phi) is 3.09. The monoisotopic (exact) mass is 236 g/mol. The highest BCUT2D eigenvalue weighted by Gasteiger charge is 2.35. The van der Waals surface area contributed by atoms with E-state index in [0.717, 1.165) is 12.1 Å². The number of benzene rings is 1. The second-order valence-electron chi connectivity index (χ2n) is 3.30. The minimum atomic E-state index is -3.60. The normalized spacial score (nSPS) is 11.6. The van der Waals surface area contributed by atoms with Crippen LogP contribution < -0.4 is 0 Å². The van der Waals surface area contributed by atoms with Crippen molar-refractivity contribution in [2.75, 3.05) is 0 Å². The number of rotatable bonds is 2. The average molecular weight is 237 g/mol. The van der Waals surface area contributed by atoms with Crippen LogP contribution in [0.25, 0.3) is 0 Å². The fraction of sp³-hybridized carbons (Fsp3) is 0.300. The van der Waals surface area contributed by atoms with Crippen LogP contribution in [0.5, 0.6) is 0 Å². The molecular weight excluding hydrogens is 229 g/mol. The molecule has 1 aromatic carbocycles. The second-order valence-corrected chi connectivity index (χ2v) is 3.71. The molecule has 0 bridgehead atoms. The molecule has 1 rings (SSSR count). The maximum absolute atomic E-state index is 13.2. The third kappa shape index (κ3) is 2.50. The van der Waals surface area contributed by atoms with E-state index in [1.165, 1.54) is 6.92 Å². The van der Waals surface area contributed by atoms with Gasteiger partial charge >= 0.3 is 5.92 Å². The molecule has 0 saturated heterocycles. The summed E-state index contributed by atoms with van der Waals surface area (Å²) in [6, 6.07) is 1.88. The molecule has 0 aromatic heterocycles. The van der Waals surface area contributed by atoms with Gasteiger partial charge in [0.2, 0.25) is 5.78 Å². The van der Waals surface area contributed by atoms with Crippen LogP contribution >= 0.6 is 11.6 Å². The molecule has 0 heterocycles. The van der Waals surface area contributed by atoms with Crippen LogP contribution in [0, 0.1) is 12.7 Å². The quantitative estimate of drug-likeness (QED) is 0.717. The number of hydrogen-bond acceptors (Lipinski definition) is 1. The van der Waals surface area contributed by atoms with Gasteiger partial charge in [0.05, 0.1) is 5.56 Å². The Balaban J connectivity index is 3.28. The van der Waals surface area contributed by atoms with E-state index in [4.69, 9.17) is 11.6 Å². The summed E-state index contributed by atoms with van der Waals surface area (Å²) in [5.74, 6) is -6.15. The Labute approximate surface area is 89.9 Å². The molecule has 1 nitrogen and oxygen atoms in total. The second kappa shape index (κ2) is 3.85. The van der Waals surface area contributed by atoms with Crippen LogP contribution in [0.2, 0.25) is 5.02 Å². The zero-order valence-corrected chi connectivity index (χ0v) is 8.83. The van der Waals surface area contributed by atoms with Gasteiger partial charge < -0.3 is 0 Å². The molecule has 0 N–H and O–H groups in total. The first-order valence-corrected chi connectivity index (χ1v) is 4.49. The number of carbonyl (C=O) groups excluding carboxylic acids is 1. The van der Waals surface area contributed by atoms with Crippen LogP contribution in [0.15, 0.2) is 12.1 Å².